The van der Waals surface area contributed by atoms with Crippen molar-refractivity contribution in [3.8, 4) is 5.75 Å². The molecule has 0 aliphatic carbocycles. The number of hydrogen-bond donors (Lipinski definition) is 2. The van der Waals surface area contributed by atoms with E-state index in [9.17, 15) is 19.1 Å². The zero-order valence-corrected chi connectivity index (χ0v) is 18.6. The summed E-state index contributed by atoms with van der Waals surface area (Å²) in [6, 6.07) is 9.04. The second-order valence-electron chi connectivity index (χ2n) is 7.86. The maximum absolute atomic E-state index is 13.3. The van der Waals surface area contributed by atoms with Gasteiger partial charge in [-0.25, -0.2) is 13.9 Å². The molecule has 1 unspecified atom stereocenters. The molecule has 3 N–H and O–H groups in total. The van der Waals surface area contributed by atoms with E-state index in [1.807, 2.05) is 0 Å². The van der Waals surface area contributed by atoms with Crippen LogP contribution in [0.3, 0.4) is 0 Å². The number of carboxylic acids is 1. The van der Waals surface area contributed by atoms with Gasteiger partial charge >= 0.3 is 5.97 Å². The molecular formula is C24H25FN4O5. The van der Waals surface area contributed by atoms with Crippen LogP contribution in [0.5, 0.6) is 5.75 Å². The lowest BCUT2D eigenvalue weighted by molar-refractivity contribution is -0.121. The number of morpholine rings is 1. The van der Waals surface area contributed by atoms with Gasteiger partial charge in [0.2, 0.25) is 5.91 Å². The molecule has 1 atom stereocenters. The fourth-order valence-electron chi connectivity index (χ4n) is 4.13. The topological polar surface area (TPSA) is 120 Å². The summed E-state index contributed by atoms with van der Waals surface area (Å²) in [7, 11) is 1.40. The number of carboxylic acid groups (broad SMARTS) is 1. The molecule has 1 saturated heterocycles. The van der Waals surface area contributed by atoms with Crippen molar-refractivity contribution in [2.45, 2.75) is 12.6 Å². The van der Waals surface area contributed by atoms with E-state index in [1.165, 1.54) is 25.3 Å². The summed E-state index contributed by atoms with van der Waals surface area (Å²) in [4.78, 5) is 25.8. The first kappa shape index (κ1) is 23.4. The Morgan fingerprint density at radius 2 is 1.91 bits per heavy atom. The molecule has 2 aromatic carbocycles. The SMILES string of the molecule is COc1c(C(=O)O)ccc2c1c(C=Cc1ccc(F)cc1)nn2C(CC(N)=O)N1CCOCC1. The van der Waals surface area contributed by atoms with E-state index in [1.54, 1.807) is 35.0 Å². The van der Waals surface area contributed by atoms with E-state index in [4.69, 9.17) is 20.3 Å². The number of hydrogen-bond acceptors (Lipinski definition) is 6. The van der Waals surface area contributed by atoms with Crippen molar-refractivity contribution in [1.29, 1.82) is 0 Å². The lowest BCUT2D eigenvalue weighted by Gasteiger charge is -2.34. The van der Waals surface area contributed by atoms with E-state index < -0.39 is 18.0 Å². The highest BCUT2D eigenvalue weighted by Crippen LogP contribution is 2.36. The van der Waals surface area contributed by atoms with E-state index in [2.05, 4.69) is 4.90 Å². The van der Waals surface area contributed by atoms with Crippen LogP contribution >= 0.6 is 0 Å². The van der Waals surface area contributed by atoms with Crippen LogP contribution in [-0.2, 0) is 9.53 Å². The molecule has 0 radical (unpaired) electrons. The molecule has 1 aromatic heterocycles. The summed E-state index contributed by atoms with van der Waals surface area (Å²) in [5.41, 5.74) is 7.34. The minimum Gasteiger partial charge on any atom is -0.495 e. The molecule has 10 heteroatoms. The van der Waals surface area contributed by atoms with Crippen molar-refractivity contribution in [3.63, 3.8) is 0 Å². The number of carbonyl (C=O) groups excluding carboxylic acids is 1. The van der Waals surface area contributed by atoms with Gasteiger partial charge in [-0.2, -0.15) is 5.10 Å². The predicted octanol–water partition coefficient (Wildman–Crippen LogP) is 2.76. The molecular weight excluding hydrogens is 443 g/mol. The molecule has 1 aliphatic rings. The summed E-state index contributed by atoms with van der Waals surface area (Å²) in [5, 5.41) is 14.9. The fraction of sp³-hybridized carbons (Fsp3) is 0.292. The normalized spacial score (nSPS) is 15.6. The number of carbonyl (C=O) groups is 2. The number of rotatable bonds is 8. The Morgan fingerprint density at radius 3 is 2.53 bits per heavy atom. The number of nitrogens with zero attached hydrogens (tertiary/aromatic N) is 3. The number of amides is 1. The van der Waals surface area contributed by atoms with Crippen LogP contribution in [0.15, 0.2) is 36.4 Å². The van der Waals surface area contributed by atoms with Crippen molar-refractivity contribution in [2.24, 2.45) is 5.73 Å². The molecule has 0 saturated carbocycles. The summed E-state index contributed by atoms with van der Waals surface area (Å²) in [6.45, 7) is 2.20. The standard InChI is InChI=1S/C24H25FN4O5/c1-33-23-17(24(31)32)7-9-19-22(23)18(8-4-15-2-5-16(25)6-3-15)27-29(19)21(14-20(26)30)28-10-12-34-13-11-28/h2-9,21H,10-14H2,1H3,(H2,26,30)(H,31,32). The molecule has 178 valence electrons. The van der Waals surface area contributed by atoms with Gasteiger partial charge in [0.05, 0.1) is 43.3 Å². The minimum absolute atomic E-state index is 0.0104. The van der Waals surface area contributed by atoms with Crippen molar-refractivity contribution in [3.05, 3.63) is 59.0 Å². The molecule has 9 nitrogen and oxygen atoms in total. The molecule has 3 aromatic rings. The molecule has 0 spiro atoms. The molecule has 0 bridgehead atoms. The number of ether oxygens (including phenoxy) is 2. The number of aromatic carboxylic acids is 1. The van der Waals surface area contributed by atoms with Gasteiger partial charge in [-0.15, -0.1) is 0 Å². The van der Waals surface area contributed by atoms with Gasteiger partial charge in [0, 0.05) is 13.1 Å². The third-order valence-electron chi connectivity index (χ3n) is 5.73. The largest absolute Gasteiger partial charge is 0.495 e. The number of aromatic nitrogens is 2. The Labute approximate surface area is 195 Å². The average molecular weight is 468 g/mol. The van der Waals surface area contributed by atoms with Crippen LogP contribution in [0.25, 0.3) is 23.1 Å². The van der Waals surface area contributed by atoms with E-state index in [-0.39, 0.29) is 23.6 Å². The molecule has 1 amide bonds. The van der Waals surface area contributed by atoms with Crippen molar-refractivity contribution in [1.82, 2.24) is 14.7 Å². The van der Waals surface area contributed by atoms with E-state index >= 15 is 0 Å². The van der Waals surface area contributed by atoms with Crippen LogP contribution in [-0.4, -0.2) is 65.1 Å². The van der Waals surface area contributed by atoms with Crippen LogP contribution in [0.2, 0.25) is 0 Å². The Balaban J connectivity index is 1.90. The average Bonchev–Trinajstić information content (AvgIpc) is 3.20. The Bertz CT molecular complexity index is 1230. The molecule has 4 rings (SSSR count). The van der Waals surface area contributed by atoms with Crippen LogP contribution in [0.4, 0.5) is 4.39 Å². The van der Waals surface area contributed by atoms with Crippen molar-refractivity contribution < 1.29 is 28.6 Å². The number of benzene rings is 2. The highest BCUT2D eigenvalue weighted by molar-refractivity contribution is 6.03. The maximum Gasteiger partial charge on any atom is 0.339 e. The molecule has 2 heterocycles. The second kappa shape index (κ2) is 10.0. The third kappa shape index (κ3) is 4.78. The number of fused-ring (bicyclic) bond motifs is 1. The number of halogens is 1. The van der Waals surface area contributed by atoms with E-state index in [0.717, 1.165) is 5.56 Å². The second-order valence-corrected chi connectivity index (χ2v) is 7.86. The van der Waals surface area contributed by atoms with Crippen molar-refractivity contribution in [2.75, 3.05) is 33.4 Å². The zero-order valence-electron chi connectivity index (χ0n) is 18.6. The lowest BCUT2D eigenvalue weighted by atomic mass is 10.1. The quantitative estimate of drug-likeness (QED) is 0.522. The maximum atomic E-state index is 13.3. The van der Waals surface area contributed by atoms with Crippen LogP contribution < -0.4 is 10.5 Å². The molecule has 34 heavy (non-hydrogen) atoms. The van der Waals surface area contributed by atoms with Gasteiger partial charge in [-0.05, 0) is 35.9 Å². The third-order valence-corrected chi connectivity index (χ3v) is 5.73. The first-order chi connectivity index (χ1) is 16.4. The van der Waals surface area contributed by atoms with Crippen LogP contribution in [0.1, 0.15) is 34.2 Å². The Hall–Kier alpha value is -3.76. The Kier molecular flexibility index (Phi) is 6.90. The first-order valence-electron chi connectivity index (χ1n) is 10.7. The Morgan fingerprint density at radius 1 is 1.21 bits per heavy atom. The highest BCUT2D eigenvalue weighted by Gasteiger charge is 2.29. The molecule has 1 aliphatic heterocycles. The fourth-order valence-corrected chi connectivity index (χ4v) is 4.13. The summed E-state index contributed by atoms with van der Waals surface area (Å²) in [6.07, 6.45) is 2.98. The van der Waals surface area contributed by atoms with Gasteiger partial charge in [0.25, 0.3) is 0 Å². The first-order valence-corrected chi connectivity index (χ1v) is 10.7. The summed E-state index contributed by atoms with van der Waals surface area (Å²) in [5.74, 6) is -1.81. The predicted molar refractivity (Wildman–Crippen MR) is 124 cm³/mol. The van der Waals surface area contributed by atoms with Gasteiger partial charge < -0.3 is 20.3 Å². The van der Waals surface area contributed by atoms with Gasteiger partial charge in [0.1, 0.15) is 23.3 Å². The summed E-state index contributed by atoms with van der Waals surface area (Å²) >= 11 is 0. The highest BCUT2D eigenvalue weighted by atomic mass is 19.1. The van der Waals surface area contributed by atoms with Gasteiger partial charge in [-0.1, -0.05) is 18.2 Å². The van der Waals surface area contributed by atoms with Gasteiger partial charge in [-0.3, -0.25) is 9.69 Å². The lowest BCUT2D eigenvalue weighted by Crippen LogP contribution is -2.43. The zero-order chi connectivity index (χ0) is 24.2. The van der Waals surface area contributed by atoms with Gasteiger partial charge in [0.15, 0.2) is 0 Å². The minimum atomic E-state index is -1.14. The number of primary amides is 1. The molecule has 1 fully saturated rings. The monoisotopic (exact) mass is 468 g/mol. The summed E-state index contributed by atoms with van der Waals surface area (Å²) < 4.78 is 25.9. The van der Waals surface area contributed by atoms with Crippen molar-refractivity contribution >= 4 is 34.9 Å². The van der Waals surface area contributed by atoms with E-state index in [0.29, 0.717) is 42.9 Å². The smallest absolute Gasteiger partial charge is 0.339 e. The van der Waals surface area contributed by atoms with Crippen LogP contribution in [0, 0.1) is 5.82 Å². The number of nitrogens with two attached hydrogens (primary N) is 1. The number of methoxy groups -OCH3 is 1.